The SMILES string of the molecule is COc1cccc(-c2cc(C)c3ccc(CO)c(C)c3n2)c1OC(C)C(=O)O. The van der Waals surface area contributed by atoms with Gasteiger partial charge in [0, 0.05) is 10.9 Å². The normalized spacial score (nSPS) is 12.0. The molecule has 0 aliphatic heterocycles. The second-order valence-corrected chi connectivity index (χ2v) is 6.66. The third kappa shape index (κ3) is 3.51. The number of carboxylic acid groups (broad SMARTS) is 1. The van der Waals surface area contributed by atoms with Crippen molar-refractivity contribution in [2.75, 3.05) is 7.11 Å². The average molecular weight is 381 g/mol. The van der Waals surface area contributed by atoms with Gasteiger partial charge in [-0.1, -0.05) is 18.2 Å². The van der Waals surface area contributed by atoms with Gasteiger partial charge in [0.25, 0.3) is 0 Å². The van der Waals surface area contributed by atoms with Crippen molar-refractivity contribution >= 4 is 16.9 Å². The van der Waals surface area contributed by atoms with Crippen LogP contribution in [0.2, 0.25) is 0 Å². The molecule has 0 aliphatic rings. The molecule has 28 heavy (non-hydrogen) atoms. The summed E-state index contributed by atoms with van der Waals surface area (Å²) in [7, 11) is 1.51. The second-order valence-electron chi connectivity index (χ2n) is 6.66. The smallest absolute Gasteiger partial charge is 0.344 e. The maximum atomic E-state index is 11.3. The Morgan fingerprint density at radius 2 is 1.96 bits per heavy atom. The number of benzene rings is 2. The predicted octanol–water partition coefficient (Wildman–Crippen LogP) is 3.87. The summed E-state index contributed by atoms with van der Waals surface area (Å²) >= 11 is 0. The maximum Gasteiger partial charge on any atom is 0.344 e. The predicted molar refractivity (Wildman–Crippen MR) is 107 cm³/mol. The van der Waals surface area contributed by atoms with Crippen molar-refractivity contribution in [2.45, 2.75) is 33.5 Å². The molecule has 0 fully saturated rings. The van der Waals surface area contributed by atoms with Crippen molar-refractivity contribution in [1.82, 2.24) is 4.98 Å². The highest BCUT2D eigenvalue weighted by Gasteiger charge is 2.21. The average Bonchev–Trinajstić information content (AvgIpc) is 2.68. The summed E-state index contributed by atoms with van der Waals surface area (Å²) in [4.78, 5) is 16.1. The number of hydrogen-bond donors (Lipinski definition) is 2. The molecule has 1 heterocycles. The van der Waals surface area contributed by atoms with E-state index >= 15 is 0 Å². The Hall–Kier alpha value is -3.12. The summed E-state index contributed by atoms with van der Waals surface area (Å²) < 4.78 is 11.1. The molecule has 3 rings (SSSR count). The summed E-state index contributed by atoms with van der Waals surface area (Å²) in [6.07, 6.45) is -1.04. The van der Waals surface area contributed by atoms with Crippen LogP contribution in [0.5, 0.6) is 11.5 Å². The summed E-state index contributed by atoms with van der Waals surface area (Å²) in [5.41, 5.74) is 4.84. The van der Waals surface area contributed by atoms with Gasteiger partial charge in [0.15, 0.2) is 17.6 Å². The number of pyridine rings is 1. The zero-order valence-electron chi connectivity index (χ0n) is 16.3. The number of nitrogens with zero attached hydrogens (tertiary/aromatic N) is 1. The lowest BCUT2D eigenvalue weighted by Crippen LogP contribution is -2.23. The zero-order valence-corrected chi connectivity index (χ0v) is 16.3. The molecule has 6 heteroatoms. The van der Waals surface area contributed by atoms with Gasteiger partial charge in [0.1, 0.15) is 0 Å². The molecule has 0 saturated carbocycles. The Labute approximate surface area is 163 Å². The van der Waals surface area contributed by atoms with E-state index in [0.29, 0.717) is 22.8 Å². The fourth-order valence-corrected chi connectivity index (χ4v) is 3.18. The van der Waals surface area contributed by atoms with E-state index in [-0.39, 0.29) is 6.61 Å². The van der Waals surface area contributed by atoms with E-state index in [2.05, 4.69) is 0 Å². The van der Waals surface area contributed by atoms with Crippen LogP contribution in [0.3, 0.4) is 0 Å². The van der Waals surface area contributed by atoms with E-state index in [9.17, 15) is 15.0 Å². The van der Waals surface area contributed by atoms with E-state index in [4.69, 9.17) is 14.5 Å². The number of methoxy groups -OCH3 is 1. The number of carbonyl (C=O) groups is 1. The quantitative estimate of drug-likeness (QED) is 0.674. The first-order valence-corrected chi connectivity index (χ1v) is 8.95. The number of ether oxygens (including phenoxy) is 2. The number of aryl methyl sites for hydroxylation is 2. The van der Waals surface area contributed by atoms with Crippen LogP contribution in [0, 0.1) is 13.8 Å². The lowest BCUT2D eigenvalue weighted by molar-refractivity contribution is -0.144. The lowest BCUT2D eigenvalue weighted by atomic mass is 9.99. The molecule has 2 aromatic carbocycles. The molecular weight excluding hydrogens is 358 g/mol. The van der Waals surface area contributed by atoms with Gasteiger partial charge in [-0.3, -0.25) is 0 Å². The van der Waals surface area contributed by atoms with Crippen LogP contribution in [-0.2, 0) is 11.4 Å². The molecule has 0 aliphatic carbocycles. The number of hydrogen-bond acceptors (Lipinski definition) is 5. The van der Waals surface area contributed by atoms with E-state index in [1.165, 1.54) is 14.0 Å². The first kappa shape index (κ1) is 19.6. The van der Waals surface area contributed by atoms with E-state index in [0.717, 1.165) is 27.6 Å². The Kier molecular flexibility index (Phi) is 5.51. The monoisotopic (exact) mass is 381 g/mol. The van der Waals surface area contributed by atoms with Gasteiger partial charge < -0.3 is 19.7 Å². The number of rotatable bonds is 6. The topological polar surface area (TPSA) is 88.9 Å². The molecule has 2 N–H and O–H groups in total. The highest BCUT2D eigenvalue weighted by atomic mass is 16.5. The number of carboxylic acids is 1. The molecule has 6 nitrogen and oxygen atoms in total. The minimum atomic E-state index is -1.07. The number of aromatic nitrogens is 1. The van der Waals surface area contributed by atoms with Crippen LogP contribution in [0.15, 0.2) is 36.4 Å². The standard InChI is InChI=1S/C22H23NO5/c1-12-10-18(23-20-13(2)15(11-24)8-9-16(12)20)17-6-5-7-19(27-4)21(17)28-14(3)22(25)26/h5-10,14,24H,11H2,1-4H3,(H,25,26). The fourth-order valence-electron chi connectivity index (χ4n) is 3.18. The Balaban J connectivity index is 2.24. The minimum Gasteiger partial charge on any atom is -0.493 e. The van der Waals surface area contributed by atoms with Crippen LogP contribution >= 0.6 is 0 Å². The second kappa shape index (κ2) is 7.86. The highest BCUT2D eigenvalue weighted by Crippen LogP contribution is 2.39. The van der Waals surface area contributed by atoms with Gasteiger partial charge in [0.05, 0.1) is 24.9 Å². The number of fused-ring (bicyclic) bond motifs is 1. The first-order valence-electron chi connectivity index (χ1n) is 8.95. The first-order chi connectivity index (χ1) is 13.4. The van der Waals surface area contributed by atoms with Crippen LogP contribution in [-0.4, -0.2) is 34.4 Å². The largest absolute Gasteiger partial charge is 0.493 e. The van der Waals surface area contributed by atoms with Crippen molar-refractivity contribution in [3.05, 3.63) is 53.1 Å². The van der Waals surface area contributed by atoms with Gasteiger partial charge in [-0.05, 0) is 55.7 Å². The molecule has 0 amide bonds. The minimum absolute atomic E-state index is 0.0592. The summed E-state index contributed by atoms with van der Waals surface area (Å²) in [5, 5.41) is 19.8. The molecule has 1 unspecified atom stereocenters. The molecule has 0 spiro atoms. The van der Waals surface area contributed by atoms with Crippen molar-refractivity contribution in [3.8, 4) is 22.8 Å². The third-order valence-corrected chi connectivity index (χ3v) is 4.84. The van der Waals surface area contributed by atoms with Gasteiger partial charge in [-0.2, -0.15) is 0 Å². The Morgan fingerprint density at radius 3 is 2.61 bits per heavy atom. The van der Waals surface area contributed by atoms with Crippen LogP contribution < -0.4 is 9.47 Å². The molecule has 0 saturated heterocycles. The van der Waals surface area contributed by atoms with Gasteiger partial charge >= 0.3 is 5.97 Å². The zero-order chi connectivity index (χ0) is 20.4. The molecule has 0 radical (unpaired) electrons. The summed E-state index contributed by atoms with van der Waals surface area (Å²) in [6, 6.07) is 11.1. The maximum absolute atomic E-state index is 11.3. The van der Waals surface area contributed by atoms with Crippen LogP contribution in [0.25, 0.3) is 22.2 Å². The van der Waals surface area contributed by atoms with Gasteiger partial charge in [0.2, 0.25) is 0 Å². The molecule has 1 atom stereocenters. The number of aliphatic carboxylic acids is 1. The molecule has 1 aromatic heterocycles. The van der Waals surface area contributed by atoms with Crippen molar-refractivity contribution in [3.63, 3.8) is 0 Å². The lowest BCUT2D eigenvalue weighted by Gasteiger charge is -2.18. The van der Waals surface area contributed by atoms with Crippen LogP contribution in [0.1, 0.15) is 23.6 Å². The number of aliphatic hydroxyl groups excluding tert-OH is 1. The summed E-state index contributed by atoms with van der Waals surface area (Å²) in [5.74, 6) is -0.295. The van der Waals surface area contributed by atoms with E-state index < -0.39 is 12.1 Å². The van der Waals surface area contributed by atoms with Gasteiger partial charge in [-0.25, -0.2) is 9.78 Å². The molecule has 3 aromatic rings. The molecule has 0 bridgehead atoms. The van der Waals surface area contributed by atoms with E-state index in [1.807, 2.05) is 44.2 Å². The molecular formula is C22H23NO5. The highest BCUT2D eigenvalue weighted by molar-refractivity contribution is 5.89. The van der Waals surface area contributed by atoms with Gasteiger partial charge in [-0.15, -0.1) is 0 Å². The third-order valence-electron chi connectivity index (χ3n) is 4.84. The van der Waals surface area contributed by atoms with Crippen molar-refractivity contribution in [1.29, 1.82) is 0 Å². The number of aliphatic hydroxyl groups is 1. The van der Waals surface area contributed by atoms with Crippen molar-refractivity contribution in [2.24, 2.45) is 0 Å². The molecule has 146 valence electrons. The Morgan fingerprint density at radius 1 is 1.21 bits per heavy atom. The number of para-hydroxylation sites is 1. The fraction of sp³-hybridized carbons (Fsp3) is 0.273. The Bertz CT molecular complexity index is 1040. The van der Waals surface area contributed by atoms with E-state index in [1.54, 1.807) is 6.07 Å². The van der Waals surface area contributed by atoms with Crippen molar-refractivity contribution < 1.29 is 24.5 Å². The van der Waals surface area contributed by atoms with Crippen LogP contribution in [0.4, 0.5) is 0 Å². The summed E-state index contributed by atoms with van der Waals surface area (Å²) in [6.45, 7) is 5.33.